The second kappa shape index (κ2) is 11.6. The number of fused-ring (bicyclic) bond motifs is 6. The Labute approximate surface area is 241 Å². The van der Waals surface area contributed by atoms with Crippen LogP contribution in [0.4, 0.5) is 4.39 Å². The standard InChI is InChI=1S/C31H30FN3O7/c1-39-27-5-2-20-13-28(27)41-17-29(36)33-15-18-10-22(32)14-23(11-18)42-26-6-8-35(16-24(26)34-30(20)37)31(38)21-3-4-25-19(12-21)7-9-40-25/h2-5,10-14,24,26H,6-9,15-17H2,1H3,(H,33,36)(H,34,37)/t24-,26+/m0/s1. The SMILES string of the molecule is COc1ccc2cc1OCC(=O)NCc1cc(F)cc(c1)O[C@@H]1CCN(C(=O)c3ccc4c(c3)CCO4)C[C@@H]1NC2=O. The molecule has 0 unspecified atom stereocenters. The maximum Gasteiger partial charge on any atom is 0.258 e. The van der Waals surface area contributed by atoms with Crippen LogP contribution in [0.15, 0.2) is 54.6 Å². The number of methoxy groups -OCH3 is 1. The molecular weight excluding hydrogens is 545 g/mol. The summed E-state index contributed by atoms with van der Waals surface area (Å²) in [4.78, 5) is 41.1. The van der Waals surface area contributed by atoms with E-state index in [0.717, 1.165) is 17.7 Å². The molecule has 0 radical (unpaired) electrons. The topological polar surface area (TPSA) is 115 Å². The molecule has 0 spiro atoms. The van der Waals surface area contributed by atoms with Gasteiger partial charge in [0.15, 0.2) is 18.1 Å². The fourth-order valence-electron chi connectivity index (χ4n) is 5.44. The largest absolute Gasteiger partial charge is 0.493 e. The molecule has 42 heavy (non-hydrogen) atoms. The highest BCUT2D eigenvalue weighted by molar-refractivity contribution is 5.96. The van der Waals surface area contributed by atoms with Gasteiger partial charge in [-0.1, -0.05) is 0 Å². The maximum atomic E-state index is 14.5. The number of piperidine rings is 1. The molecule has 1 fully saturated rings. The minimum atomic E-state index is -0.612. The summed E-state index contributed by atoms with van der Waals surface area (Å²) in [5, 5.41) is 5.71. The molecule has 6 rings (SSSR count). The minimum absolute atomic E-state index is 0.0619. The van der Waals surface area contributed by atoms with Gasteiger partial charge in [0.05, 0.1) is 19.8 Å². The van der Waals surface area contributed by atoms with Gasteiger partial charge in [-0.3, -0.25) is 14.4 Å². The van der Waals surface area contributed by atoms with Crippen molar-refractivity contribution in [2.45, 2.75) is 31.5 Å². The number of benzene rings is 3. The smallest absolute Gasteiger partial charge is 0.258 e. The summed E-state index contributed by atoms with van der Waals surface area (Å²) in [6, 6.07) is 13.7. The van der Waals surface area contributed by atoms with Crippen LogP contribution < -0.4 is 29.6 Å². The number of rotatable bonds is 2. The molecule has 3 aromatic rings. The first-order valence-electron chi connectivity index (χ1n) is 13.8. The number of nitrogens with one attached hydrogen (secondary N) is 2. The van der Waals surface area contributed by atoms with Crippen LogP contribution in [0.1, 0.15) is 38.3 Å². The Hall–Kier alpha value is -4.80. The molecule has 2 N–H and O–H groups in total. The number of hydrogen-bond donors (Lipinski definition) is 2. The van der Waals surface area contributed by atoms with Crippen LogP contribution in [0.25, 0.3) is 0 Å². The molecule has 4 bridgehead atoms. The van der Waals surface area contributed by atoms with Crippen molar-refractivity contribution in [3.05, 3.63) is 82.7 Å². The van der Waals surface area contributed by atoms with E-state index in [1.165, 1.54) is 25.3 Å². The fraction of sp³-hybridized carbons (Fsp3) is 0.323. The Bertz CT molecular complexity index is 1540. The van der Waals surface area contributed by atoms with E-state index in [9.17, 15) is 18.8 Å². The summed E-state index contributed by atoms with van der Waals surface area (Å²) in [6.07, 6.45) is 0.583. The fourth-order valence-corrected chi connectivity index (χ4v) is 5.44. The lowest BCUT2D eigenvalue weighted by molar-refractivity contribution is -0.123. The van der Waals surface area contributed by atoms with E-state index < -0.39 is 29.8 Å². The van der Waals surface area contributed by atoms with Crippen molar-refractivity contribution >= 4 is 17.7 Å². The zero-order valence-corrected chi connectivity index (χ0v) is 23.0. The maximum absolute atomic E-state index is 14.5. The molecule has 218 valence electrons. The Morgan fingerprint density at radius 1 is 1.05 bits per heavy atom. The molecule has 10 nitrogen and oxygen atoms in total. The van der Waals surface area contributed by atoms with E-state index >= 15 is 0 Å². The molecule has 3 heterocycles. The highest BCUT2D eigenvalue weighted by Crippen LogP contribution is 2.30. The Morgan fingerprint density at radius 3 is 2.79 bits per heavy atom. The lowest BCUT2D eigenvalue weighted by Crippen LogP contribution is -2.58. The summed E-state index contributed by atoms with van der Waals surface area (Å²) in [6.45, 7) is 0.877. The average molecular weight is 576 g/mol. The van der Waals surface area contributed by atoms with E-state index in [-0.39, 0.29) is 42.7 Å². The lowest BCUT2D eigenvalue weighted by atomic mass is 9.99. The van der Waals surface area contributed by atoms with Gasteiger partial charge in [0, 0.05) is 49.7 Å². The number of halogens is 1. The summed E-state index contributed by atoms with van der Waals surface area (Å²) in [5.74, 6) is 0.0774. The van der Waals surface area contributed by atoms with Crippen LogP contribution in [-0.2, 0) is 17.8 Å². The van der Waals surface area contributed by atoms with Gasteiger partial charge >= 0.3 is 0 Å². The summed E-state index contributed by atoms with van der Waals surface area (Å²) >= 11 is 0. The van der Waals surface area contributed by atoms with E-state index in [4.69, 9.17) is 18.9 Å². The molecule has 3 aliphatic heterocycles. The number of hydrogen-bond acceptors (Lipinski definition) is 7. The predicted octanol–water partition coefficient (Wildman–Crippen LogP) is 2.87. The van der Waals surface area contributed by atoms with Gasteiger partial charge in [0.2, 0.25) is 0 Å². The normalized spacial score (nSPS) is 20.1. The van der Waals surface area contributed by atoms with Gasteiger partial charge in [-0.2, -0.15) is 0 Å². The predicted molar refractivity (Wildman–Crippen MR) is 149 cm³/mol. The van der Waals surface area contributed by atoms with Gasteiger partial charge in [-0.25, -0.2) is 4.39 Å². The van der Waals surface area contributed by atoms with E-state index in [2.05, 4.69) is 10.6 Å². The van der Waals surface area contributed by atoms with Crippen molar-refractivity contribution in [3.8, 4) is 23.0 Å². The van der Waals surface area contributed by atoms with Gasteiger partial charge in [-0.15, -0.1) is 0 Å². The summed E-state index contributed by atoms with van der Waals surface area (Å²) in [7, 11) is 1.46. The van der Waals surface area contributed by atoms with Crippen LogP contribution in [0.5, 0.6) is 23.0 Å². The molecule has 11 heteroatoms. The third kappa shape index (κ3) is 5.81. The van der Waals surface area contributed by atoms with Gasteiger partial charge in [0.25, 0.3) is 17.7 Å². The first-order valence-corrected chi connectivity index (χ1v) is 13.8. The summed E-state index contributed by atoms with van der Waals surface area (Å²) in [5.41, 5.74) is 2.31. The second-order valence-electron chi connectivity index (χ2n) is 10.4. The van der Waals surface area contributed by atoms with Crippen molar-refractivity contribution < 1.29 is 37.7 Å². The first kappa shape index (κ1) is 27.4. The lowest BCUT2D eigenvalue weighted by Gasteiger charge is -2.39. The van der Waals surface area contributed by atoms with E-state index in [1.54, 1.807) is 29.2 Å². The van der Waals surface area contributed by atoms with Crippen molar-refractivity contribution in [1.82, 2.24) is 15.5 Å². The Kier molecular flexibility index (Phi) is 7.56. The summed E-state index contributed by atoms with van der Waals surface area (Å²) < 4.78 is 37.3. The number of likely N-dealkylation sites (tertiary alicyclic amines) is 1. The zero-order valence-electron chi connectivity index (χ0n) is 23.0. The molecule has 3 amide bonds. The molecule has 3 aromatic carbocycles. The molecule has 1 saturated heterocycles. The van der Waals surface area contributed by atoms with Gasteiger partial charge in [-0.05, 0) is 59.7 Å². The Balaban J connectivity index is 1.30. The van der Waals surface area contributed by atoms with Gasteiger partial charge < -0.3 is 34.5 Å². The van der Waals surface area contributed by atoms with Crippen LogP contribution in [0.2, 0.25) is 0 Å². The second-order valence-corrected chi connectivity index (χ2v) is 10.4. The molecular formula is C31H30FN3O7. The van der Waals surface area contributed by atoms with Crippen molar-refractivity contribution in [2.24, 2.45) is 0 Å². The van der Waals surface area contributed by atoms with Crippen LogP contribution in [-0.4, -0.2) is 68.2 Å². The Morgan fingerprint density at radius 2 is 1.93 bits per heavy atom. The number of amides is 3. The quantitative estimate of drug-likeness (QED) is 0.483. The van der Waals surface area contributed by atoms with Crippen molar-refractivity contribution in [3.63, 3.8) is 0 Å². The first-order chi connectivity index (χ1) is 20.4. The number of carbonyl (C=O) groups excluding carboxylic acids is 3. The third-order valence-corrected chi connectivity index (χ3v) is 7.58. The van der Waals surface area contributed by atoms with Crippen LogP contribution in [0, 0.1) is 5.82 Å². The van der Waals surface area contributed by atoms with Crippen molar-refractivity contribution in [1.29, 1.82) is 0 Å². The number of carbonyl (C=O) groups is 3. The van der Waals surface area contributed by atoms with E-state index in [0.29, 0.717) is 36.4 Å². The average Bonchev–Trinajstić information content (AvgIpc) is 3.47. The van der Waals surface area contributed by atoms with Crippen LogP contribution >= 0.6 is 0 Å². The molecule has 0 saturated carbocycles. The molecule has 0 aromatic heterocycles. The minimum Gasteiger partial charge on any atom is -0.493 e. The molecule has 2 atom stereocenters. The number of nitrogens with zero attached hydrogens (tertiary/aromatic N) is 1. The van der Waals surface area contributed by atoms with E-state index in [1.807, 2.05) is 12.1 Å². The highest BCUT2D eigenvalue weighted by atomic mass is 19.1. The van der Waals surface area contributed by atoms with Gasteiger partial charge in [0.1, 0.15) is 23.4 Å². The highest BCUT2D eigenvalue weighted by Gasteiger charge is 2.35. The monoisotopic (exact) mass is 575 g/mol. The molecule has 3 aliphatic rings. The number of ether oxygens (including phenoxy) is 4. The molecule has 0 aliphatic carbocycles. The van der Waals surface area contributed by atoms with Crippen LogP contribution in [0.3, 0.4) is 0 Å². The zero-order chi connectivity index (χ0) is 29.2. The third-order valence-electron chi connectivity index (χ3n) is 7.58. The van der Waals surface area contributed by atoms with Crippen molar-refractivity contribution in [2.75, 3.05) is 33.4 Å².